The summed E-state index contributed by atoms with van der Waals surface area (Å²) in [6.45, 7) is 5.35. The summed E-state index contributed by atoms with van der Waals surface area (Å²) in [5.74, 6) is -0.0287. The lowest BCUT2D eigenvalue weighted by molar-refractivity contribution is -0.908. The number of piperidine rings is 1. The van der Waals surface area contributed by atoms with Gasteiger partial charge in [0, 0.05) is 12.3 Å². The highest BCUT2D eigenvalue weighted by molar-refractivity contribution is 5.91. The third kappa shape index (κ3) is 4.05. The Morgan fingerprint density at radius 3 is 2.60 bits per heavy atom. The van der Waals surface area contributed by atoms with Gasteiger partial charge in [0.15, 0.2) is 0 Å². The summed E-state index contributed by atoms with van der Waals surface area (Å²) in [5.41, 5.74) is 1.52. The fourth-order valence-corrected chi connectivity index (χ4v) is 2.35. The van der Waals surface area contributed by atoms with Gasteiger partial charge in [0.25, 0.3) is 0 Å². The summed E-state index contributed by atoms with van der Waals surface area (Å²) in [7, 11) is 2.19. The molecule has 4 nitrogen and oxygen atoms in total. The maximum atomic E-state index is 11.8. The van der Waals surface area contributed by atoms with E-state index in [2.05, 4.69) is 26.1 Å². The van der Waals surface area contributed by atoms with Gasteiger partial charge in [-0.05, 0) is 19.1 Å². The minimum atomic E-state index is -0.390. The van der Waals surface area contributed by atoms with Gasteiger partial charge in [-0.15, -0.1) is 0 Å². The molecule has 20 heavy (non-hydrogen) atoms. The van der Waals surface area contributed by atoms with Crippen molar-refractivity contribution in [3.8, 4) is 0 Å². The average Bonchev–Trinajstić information content (AvgIpc) is 2.42. The van der Waals surface area contributed by atoms with Gasteiger partial charge in [-0.3, -0.25) is 0 Å². The molecule has 1 aliphatic heterocycles. The fraction of sp³-hybridized carbons (Fsp3) is 0.467. The zero-order chi connectivity index (χ0) is 13.8. The molecule has 0 bridgehead atoms. The Hall–Kier alpha value is -1.39. The molecule has 1 aromatic carbocycles. The molecule has 1 heterocycles. The lowest BCUT2D eigenvalue weighted by Crippen LogP contribution is -3.14. The topological polar surface area (TPSA) is 43.1 Å². The van der Waals surface area contributed by atoms with Gasteiger partial charge in [-0.2, -0.15) is 0 Å². The van der Waals surface area contributed by atoms with E-state index in [0.717, 1.165) is 18.7 Å². The smallest absolute Gasteiger partial charge is 0.365 e. The number of nitrogens with one attached hydrogen (secondary N) is 1. The third-order valence-corrected chi connectivity index (χ3v) is 3.81. The molecule has 5 heteroatoms. The van der Waals surface area contributed by atoms with Gasteiger partial charge in [-0.25, -0.2) is 4.79 Å². The Kier molecular flexibility index (Phi) is 6.17. The number of likely N-dealkylation sites (tertiary alicyclic amines) is 1. The summed E-state index contributed by atoms with van der Waals surface area (Å²) in [5, 5.41) is 4.08. The molecule has 0 aromatic heterocycles. The molecule has 1 aromatic rings. The first kappa shape index (κ1) is 16.7. The van der Waals surface area contributed by atoms with Crippen molar-refractivity contribution in [1.82, 2.24) is 0 Å². The molecule has 1 N–H and O–H groups in total. The van der Waals surface area contributed by atoms with Crippen LogP contribution in [0.2, 0.25) is 0 Å². The van der Waals surface area contributed by atoms with Crippen LogP contribution in [0.4, 0.5) is 0 Å². The van der Waals surface area contributed by atoms with E-state index in [1.165, 1.54) is 4.90 Å². The largest absolute Gasteiger partial charge is 1.00 e. The second kappa shape index (κ2) is 7.41. The van der Waals surface area contributed by atoms with Crippen LogP contribution < -0.4 is 17.3 Å². The first-order chi connectivity index (χ1) is 9.08. The Labute approximate surface area is 126 Å². The molecular weight excluding hydrogens is 276 g/mol. The molecule has 1 aliphatic rings. The molecule has 2 rings (SSSR count). The quantitative estimate of drug-likeness (QED) is 0.514. The maximum Gasteiger partial charge on any atom is 0.365 e. The number of carbonyl (C=O) groups excluding carboxylic acids is 1. The van der Waals surface area contributed by atoms with E-state index in [1.54, 1.807) is 12.1 Å². The minimum Gasteiger partial charge on any atom is -1.00 e. The van der Waals surface area contributed by atoms with Crippen molar-refractivity contribution in [2.24, 2.45) is 11.1 Å². The number of oxime groups is 1. The van der Waals surface area contributed by atoms with Crippen LogP contribution in [0.15, 0.2) is 35.5 Å². The Morgan fingerprint density at radius 1 is 1.30 bits per heavy atom. The van der Waals surface area contributed by atoms with Crippen molar-refractivity contribution in [1.29, 1.82) is 0 Å². The summed E-state index contributed by atoms with van der Waals surface area (Å²) in [6, 6.07) is 9.47. The average molecular weight is 297 g/mol. The molecule has 3 atom stereocenters. The van der Waals surface area contributed by atoms with Gasteiger partial charge in [0.1, 0.15) is 0 Å². The van der Waals surface area contributed by atoms with Crippen LogP contribution in [-0.2, 0) is 4.84 Å². The highest BCUT2D eigenvalue weighted by Crippen LogP contribution is 2.09. The lowest BCUT2D eigenvalue weighted by Gasteiger charge is -2.31. The van der Waals surface area contributed by atoms with Crippen molar-refractivity contribution < 1.29 is 26.9 Å². The summed E-state index contributed by atoms with van der Waals surface area (Å²) in [4.78, 5) is 18.4. The number of carbonyl (C=O) groups is 1. The van der Waals surface area contributed by atoms with Gasteiger partial charge in [0.05, 0.1) is 30.9 Å². The van der Waals surface area contributed by atoms with Crippen LogP contribution in [0.25, 0.3) is 0 Å². The van der Waals surface area contributed by atoms with Crippen LogP contribution in [0.3, 0.4) is 0 Å². The number of benzene rings is 1. The maximum absolute atomic E-state index is 11.8. The van der Waals surface area contributed by atoms with Crippen molar-refractivity contribution in [2.75, 3.05) is 13.6 Å². The van der Waals surface area contributed by atoms with Gasteiger partial charge in [-0.1, -0.05) is 30.3 Å². The summed E-state index contributed by atoms with van der Waals surface area (Å²) < 4.78 is 0. The fourth-order valence-electron chi connectivity index (χ4n) is 2.35. The Morgan fingerprint density at radius 2 is 1.95 bits per heavy atom. The molecule has 0 saturated carbocycles. The number of hydrogen-bond acceptors (Lipinski definition) is 3. The first-order valence-electron chi connectivity index (χ1n) is 6.73. The molecule has 3 unspecified atom stereocenters. The molecule has 0 radical (unpaired) electrons. The van der Waals surface area contributed by atoms with Gasteiger partial charge in [0.2, 0.25) is 0 Å². The zero-order valence-corrected chi connectivity index (χ0v) is 12.9. The van der Waals surface area contributed by atoms with E-state index < -0.39 is 0 Å². The second-order valence-corrected chi connectivity index (χ2v) is 5.38. The van der Waals surface area contributed by atoms with Crippen LogP contribution in [0.5, 0.6) is 0 Å². The first-order valence-corrected chi connectivity index (χ1v) is 6.73. The van der Waals surface area contributed by atoms with E-state index in [4.69, 9.17) is 4.84 Å². The molecular formula is C15H21ClN2O2. The summed E-state index contributed by atoms with van der Waals surface area (Å²) in [6.07, 6.45) is 0.884. The predicted molar refractivity (Wildman–Crippen MR) is 74.3 cm³/mol. The van der Waals surface area contributed by atoms with Crippen LogP contribution in [0.1, 0.15) is 30.6 Å². The van der Waals surface area contributed by atoms with E-state index in [1.807, 2.05) is 18.2 Å². The Balaban J connectivity index is 0.00000200. The third-order valence-electron chi connectivity index (χ3n) is 3.81. The van der Waals surface area contributed by atoms with Crippen molar-refractivity contribution in [3.05, 3.63) is 35.9 Å². The van der Waals surface area contributed by atoms with Gasteiger partial charge >= 0.3 is 5.97 Å². The van der Waals surface area contributed by atoms with Crippen LogP contribution >= 0.6 is 0 Å². The molecule has 110 valence electrons. The number of hydrogen-bond donors (Lipinski definition) is 1. The molecule has 0 aliphatic carbocycles. The zero-order valence-electron chi connectivity index (χ0n) is 12.1. The molecule has 0 amide bonds. The normalized spacial score (nSPS) is 27.8. The highest BCUT2D eigenvalue weighted by atomic mass is 35.5. The van der Waals surface area contributed by atoms with Crippen LogP contribution in [0, 0.1) is 5.92 Å². The highest BCUT2D eigenvalue weighted by Gasteiger charge is 2.29. The molecule has 0 spiro atoms. The molecule has 1 fully saturated rings. The van der Waals surface area contributed by atoms with E-state index in [9.17, 15) is 4.79 Å². The van der Waals surface area contributed by atoms with E-state index in [-0.39, 0.29) is 18.4 Å². The van der Waals surface area contributed by atoms with Crippen LogP contribution in [-0.4, -0.2) is 31.3 Å². The van der Waals surface area contributed by atoms with Crippen molar-refractivity contribution >= 4 is 11.7 Å². The Bertz CT molecular complexity index is 476. The number of rotatable bonds is 2. The number of nitrogens with zero attached hydrogens (tertiary/aromatic N) is 1. The molecule has 1 saturated heterocycles. The number of halogens is 1. The van der Waals surface area contributed by atoms with E-state index in [0.29, 0.717) is 17.5 Å². The van der Waals surface area contributed by atoms with Crippen molar-refractivity contribution in [2.45, 2.75) is 26.3 Å². The SMILES string of the molecule is CC1C[NH+](C)C(C)CC1=NOC(=O)c1ccccc1.[Cl-]. The van der Waals surface area contributed by atoms with Crippen molar-refractivity contribution in [3.63, 3.8) is 0 Å². The predicted octanol–water partition coefficient (Wildman–Crippen LogP) is -1.85. The lowest BCUT2D eigenvalue weighted by atomic mass is 9.93. The minimum absolute atomic E-state index is 0. The van der Waals surface area contributed by atoms with Gasteiger partial charge < -0.3 is 22.1 Å². The monoisotopic (exact) mass is 296 g/mol. The summed E-state index contributed by atoms with van der Waals surface area (Å²) >= 11 is 0. The van der Waals surface area contributed by atoms with E-state index >= 15 is 0 Å². The second-order valence-electron chi connectivity index (χ2n) is 5.38. The standard InChI is InChI=1S/C15H20N2O2.ClH/c1-11-10-17(3)12(2)9-14(11)16-19-15(18)13-7-5-4-6-8-13;/h4-8,11-12H,9-10H2,1-3H3;1H. The number of quaternary nitrogens is 1.